The van der Waals surface area contributed by atoms with E-state index < -0.39 is 0 Å². The quantitative estimate of drug-likeness (QED) is 0.147. The van der Waals surface area contributed by atoms with Crippen molar-refractivity contribution in [3.63, 3.8) is 0 Å². The van der Waals surface area contributed by atoms with E-state index in [1.807, 2.05) is 0 Å². The lowest BCUT2D eigenvalue weighted by atomic mass is 10.1. The molecule has 0 aromatic heterocycles. The predicted octanol–water partition coefficient (Wildman–Crippen LogP) is 8.75. The molecule has 160 valence electrons. The highest BCUT2D eigenvalue weighted by molar-refractivity contribution is 4.92. The second kappa shape index (κ2) is 25.4. The van der Waals surface area contributed by atoms with Crippen LogP contribution in [0.3, 0.4) is 0 Å². The van der Waals surface area contributed by atoms with Crippen LogP contribution in [-0.4, -0.2) is 13.1 Å². The van der Waals surface area contributed by atoms with Crippen molar-refractivity contribution in [2.45, 2.75) is 129 Å². The summed E-state index contributed by atoms with van der Waals surface area (Å²) in [6.07, 6.45) is 33.9. The van der Waals surface area contributed by atoms with Crippen LogP contribution >= 0.6 is 0 Å². The molecule has 1 N–H and O–H groups in total. The fourth-order valence-electron chi connectivity index (χ4n) is 3.39. The lowest BCUT2D eigenvalue weighted by Gasteiger charge is -2.05. The average molecular weight is 378 g/mol. The monoisotopic (exact) mass is 377 g/mol. The number of nitrogens with one attached hydrogen (secondary N) is 1. The van der Waals surface area contributed by atoms with E-state index in [1.54, 1.807) is 0 Å². The first-order valence-corrected chi connectivity index (χ1v) is 12.4. The Morgan fingerprint density at radius 1 is 0.444 bits per heavy atom. The van der Waals surface area contributed by atoms with Gasteiger partial charge in [-0.15, -0.1) is 0 Å². The summed E-state index contributed by atoms with van der Waals surface area (Å²) in [6.45, 7) is 7.01. The summed E-state index contributed by atoms with van der Waals surface area (Å²) in [5.74, 6) is 0. The summed E-state index contributed by atoms with van der Waals surface area (Å²) in [5.41, 5.74) is 0. The molecule has 0 fully saturated rings. The van der Waals surface area contributed by atoms with Crippen molar-refractivity contribution in [3.8, 4) is 0 Å². The van der Waals surface area contributed by atoms with Gasteiger partial charge in [-0.25, -0.2) is 0 Å². The first-order valence-electron chi connectivity index (χ1n) is 12.4. The summed E-state index contributed by atoms with van der Waals surface area (Å²) >= 11 is 0. The van der Waals surface area contributed by atoms with Crippen LogP contribution in [0.5, 0.6) is 0 Å². The molecule has 27 heavy (non-hydrogen) atoms. The van der Waals surface area contributed by atoms with Crippen LogP contribution in [0.25, 0.3) is 0 Å². The second-order valence-electron chi connectivity index (χ2n) is 8.10. The maximum Gasteiger partial charge on any atom is -0.00489 e. The van der Waals surface area contributed by atoms with E-state index >= 15 is 0 Å². The molecule has 0 saturated carbocycles. The van der Waals surface area contributed by atoms with E-state index in [2.05, 4.69) is 43.5 Å². The maximum atomic E-state index is 3.61. The zero-order chi connectivity index (χ0) is 19.7. The number of allylic oxidation sites excluding steroid dienone is 4. The molecule has 0 aliphatic heterocycles. The topological polar surface area (TPSA) is 12.0 Å². The van der Waals surface area contributed by atoms with Crippen LogP contribution in [0.15, 0.2) is 24.3 Å². The Morgan fingerprint density at radius 3 is 1.41 bits per heavy atom. The SMILES string of the molecule is CCCCC/C=C\C/C=C\CCCCCCCCNCCCCCCCC. The van der Waals surface area contributed by atoms with E-state index in [0.717, 1.165) is 6.42 Å². The van der Waals surface area contributed by atoms with Gasteiger partial charge in [0.1, 0.15) is 0 Å². The molecule has 0 spiro atoms. The molecule has 0 aliphatic rings. The molecule has 0 rings (SSSR count). The Kier molecular flexibility index (Phi) is 24.9. The minimum atomic E-state index is 1.12. The van der Waals surface area contributed by atoms with Gasteiger partial charge in [-0.05, 0) is 58.0 Å². The van der Waals surface area contributed by atoms with Crippen LogP contribution in [-0.2, 0) is 0 Å². The van der Waals surface area contributed by atoms with E-state index in [9.17, 15) is 0 Å². The van der Waals surface area contributed by atoms with Gasteiger partial charge >= 0.3 is 0 Å². The van der Waals surface area contributed by atoms with E-state index in [4.69, 9.17) is 0 Å². The molecular formula is C26H51N. The molecule has 0 aromatic rings. The Balaban J connectivity index is 3.09. The van der Waals surface area contributed by atoms with E-state index in [0.29, 0.717) is 0 Å². The van der Waals surface area contributed by atoms with Gasteiger partial charge < -0.3 is 5.32 Å². The van der Waals surface area contributed by atoms with Gasteiger partial charge in [-0.1, -0.05) is 109 Å². The smallest absolute Gasteiger partial charge is 0.00489 e. The van der Waals surface area contributed by atoms with Gasteiger partial charge in [0.15, 0.2) is 0 Å². The third kappa shape index (κ3) is 25.4. The van der Waals surface area contributed by atoms with Crippen LogP contribution in [0.2, 0.25) is 0 Å². The molecule has 0 aliphatic carbocycles. The highest BCUT2D eigenvalue weighted by atomic mass is 14.8. The Hall–Kier alpha value is -0.560. The molecule has 1 nitrogen and oxygen atoms in total. The van der Waals surface area contributed by atoms with Crippen LogP contribution in [0, 0.1) is 0 Å². The molecule has 0 atom stereocenters. The van der Waals surface area contributed by atoms with E-state index in [1.165, 1.54) is 122 Å². The van der Waals surface area contributed by atoms with Crippen molar-refractivity contribution in [1.82, 2.24) is 5.32 Å². The molecule has 1 heteroatoms. The van der Waals surface area contributed by atoms with Gasteiger partial charge in [0.2, 0.25) is 0 Å². The van der Waals surface area contributed by atoms with E-state index in [-0.39, 0.29) is 0 Å². The van der Waals surface area contributed by atoms with Crippen molar-refractivity contribution < 1.29 is 0 Å². The van der Waals surface area contributed by atoms with Crippen molar-refractivity contribution in [2.24, 2.45) is 0 Å². The number of unbranched alkanes of at least 4 members (excludes halogenated alkanes) is 14. The van der Waals surface area contributed by atoms with Crippen molar-refractivity contribution in [1.29, 1.82) is 0 Å². The molecule has 0 aromatic carbocycles. The minimum Gasteiger partial charge on any atom is -0.317 e. The Morgan fingerprint density at radius 2 is 0.852 bits per heavy atom. The van der Waals surface area contributed by atoms with Crippen LogP contribution in [0.4, 0.5) is 0 Å². The van der Waals surface area contributed by atoms with Gasteiger partial charge in [0, 0.05) is 0 Å². The van der Waals surface area contributed by atoms with Gasteiger partial charge in [-0.3, -0.25) is 0 Å². The van der Waals surface area contributed by atoms with Crippen molar-refractivity contribution >= 4 is 0 Å². The molecule has 0 heterocycles. The summed E-state index contributed by atoms with van der Waals surface area (Å²) < 4.78 is 0. The fraction of sp³-hybridized carbons (Fsp3) is 0.846. The first kappa shape index (κ1) is 26.4. The van der Waals surface area contributed by atoms with Crippen molar-refractivity contribution in [2.75, 3.05) is 13.1 Å². The lowest BCUT2D eigenvalue weighted by Crippen LogP contribution is -2.16. The van der Waals surface area contributed by atoms with Crippen LogP contribution in [0.1, 0.15) is 129 Å². The predicted molar refractivity (Wildman–Crippen MR) is 126 cm³/mol. The number of rotatable bonds is 22. The molecule has 0 bridgehead atoms. The van der Waals surface area contributed by atoms with Gasteiger partial charge in [0.05, 0.1) is 0 Å². The van der Waals surface area contributed by atoms with Gasteiger partial charge in [0.25, 0.3) is 0 Å². The second-order valence-corrected chi connectivity index (χ2v) is 8.10. The molecule has 0 unspecified atom stereocenters. The van der Waals surface area contributed by atoms with Gasteiger partial charge in [-0.2, -0.15) is 0 Å². The first-order chi connectivity index (χ1) is 13.4. The molecule has 0 amide bonds. The zero-order valence-electron chi connectivity index (χ0n) is 19.0. The number of hydrogen-bond donors (Lipinski definition) is 1. The molecule has 0 radical (unpaired) electrons. The summed E-state index contributed by atoms with van der Waals surface area (Å²) in [4.78, 5) is 0. The highest BCUT2D eigenvalue weighted by Crippen LogP contribution is 2.08. The fourth-order valence-corrected chi connectivity index (χ4v) is 3.39. The average Bonchev–Trinajstić information content (AvgIpc) is 2.68. The summed E-state index contributed by atoms with van der Waals surface area (Å²) in [5, 5.41) is 3.61. The Labute approximate surface area is 172 Å². The standard InChI is InChI=1S/C26H51N/c1-3-5-7-9-11-12-13-14-15-16-17-18-19-20-22-24-26-27-25-23-21-10-8-6-4-2/h11-12,14-15,27H,3-10,13,16-26H2,1-2H3/b12-11-,15-14-. The highest BCUT2D eigenvalue weighted by Gasteiger charge is 1.93. The minimum absolute atomic E-state index is 1.12. The molecular weight excluding hydrogens is 326 g/mol. The normalized spacial score (nSPS) is 11.9. The zero-order valence-corrected chi connectivity index (χ0v) is 19.0. The third-order valence-corrected chi connectivity index (χ3v) is 5.26. The Bertz CT molecular complexity index is 305. The van der Waals surface area contributed by atoms with Crippen LogP contribution < -0.4 is 5.32 Å². The third-order valence-electron chi connectivity index (χ3n) is 5.26. The maximum absolute atomic E-state index is 3.61. The summed E-state index contributed by atoms with van der Waals surface area (Å²) in [7, 11) is 0. The largest absolute Gasteiger partial charge is 0.317 e. The molecule has 0 saturated heterocycles. The van der Waals surface area contributed by atoms with Crippen molar-refractivity contribution in [3.05, 3.63) is 24.3 Å². The lowest BCUT2D eigenvalue weighted by molar-refractivity contribution is 0.541. The summed E-state index contributed by atoms with van der Waals surface area (Å²) in [6, 6.07) is 0. The number of hydrogen-bond acceptors (Lipinski definition) is 1.